The summed E-state index contributed by atoms with van der Waals surface area (Å²) in [6, 6.07) is 54.5. The van der Waals surface area contributed by atoms with E-state index in [0.717, 1.165) is 65.4 Å². The van der Waals surface area contributed by atoms with Crippen molar-refractivity contribution in [2.45, 2.75) is 14.7 Å². The molecule has 12 aromatic rings. The van der Waals surface area contributed by atoms with Gasteiger partial charge in [-0.1, -0.05) is 121 Å². The number of fused-ring (bicyclic) bond motifs is 12. The van der Waals surface area contributed by atoms with Crippen LogP contribution in [0.15, 0.2) is 243 Å². The van der Waals surface area contributed by atoms with Crippen LogP contribution < -0.4 is 14.9 Å². The molecule has 0 fully saturated rings. The largest absolute Gasteiger partial charge is 2.00 e. The molecule has 13 N–H and O–H groups in total. The third-order valence-corrected chi connectivity index (χ3v) is 15.9. The number of nitrogens with zero attached hydrogens (tertiary/aromatic N) is 8. The first-order valence-electron chi connectivity index (χ1n) is 23.3. The molecule has 6 aromatic carbocycles. The zero-order valence-corrected chi connectivity index (χ0v) is 47.2. The minimum absolute atomic E-state index is 0. The Kier molecular flexibility index (Phi) is 24.2. The summed E-state index contributed by atoms with van der Waals surface area (Å²) in [6.45, 7) is 0. The van der Waals surface area contributed by atoms with Gasteiger partial charge in [-0.05, 0) is 60.7 Å². The minimum atomic E-state index is -3.68. The van der Waals surface area contributed by atoms with E-state index in [4.69, 9.17) is 0 Å². The van der Waals surface area contributed by atoms with Crippen LogP contribution in [0.3, 0.4) is 0 Å². The number of carbonyl (C=O) groups is 1. The molecule has 3 aliphatic heterocycles. The van der Waals surface area contributed by atoms with Gasteiger partial charge < -0.3 is 43.1 Å². The number of benzene rings is 6. The molecule has 0 saturated carbocycles. The molecular formula is C57H49FeN9O15S3. The summed E-state index contributed by atoms with van der Waals surface area (Å²) in [5, 5.41) is 28.7. The van der Waals surface area contributed by atoms with Gasteiger partial charge in [-0.25, -0.2) is 13.1 Å². The van der Waals surface area contributed by atoms with E-state index in [1.165, 1.54) is 36.4 Å². The maximum atomic E-state index is 11.1. The smallest absolute Gasteiger partial charge is 0.858 e. The fourth-order valence-electron chi connectivity index (χ4n) is 8.31. The van der Waals surface area contributed by atoms with E-state index in [2.05, 4.69) is 111 Å². The summed E-state index contributed by atoms with van der Waals surface area (Å²) >= 11 is 0. The van der Waals surface area contributed by atoms with Crippen molar-refractivity contribution in [3.8, 4) is 0 Å². The Morgan fingerprint density at radius 2 is 0.541 bits per heavy atom. The minimum Gasteiger partial charge on any atom is -0.858 e. The maximum absolute atomic E-state index is 11.1. The number of hydrogen-bond donors (Lipinski definition) is 1. The van der Waals surface area contributed by atoms with Gasteiger partial charge in [-0.3, -0.25) is 34.7 Å². The molecule has 0 atom stereocenters. The molecule has 0 radical (unpaired) electrons. The van der Waals surface area contributed by atoms with E-state index in [0.29, 0.717) is 0 Å². The number of nitrogens with one attached hydrogen (secondary N) is 1. The first kappa shape index (κ1) is 69.6. The van der Waals surface area contributed by atoms with Gasteiger partial charge in [-0.15, -0.1) is 0 Å². The van der Waals surface area contributed by atoms with Crippen LogP contribution in [0.2, 0.25) is 0 Å². The van der Waals surface area contributed by atoms with Crippen LogP contribution in [0.5, 0.6) is 0 Å². The predicted molar refractivity (Wildman–Crippen MR) is 314 cm³/mol. The van der Waals surface area contributed by atoms with Crippen LogP contribution in [0.1, 0.15) is 21.5 Å². The monoisotopic (exact) mass is 1250 g/mol. The second-order valence-electron chi connectivity index (χ2n) is 16.8. The van der Waals surface area contributed by atoms with Gasteiger partial charge in [0.25, 0.3) is 36.0 Å². The molecule has 15 rings (SSSR count). The molecule has 85 heavy (non-hydrogen) atoms. The fourth-order valence-corrected chi connectivity index (χ4v) is 11.7. The normalized spacial score (nSPS) is 13.2. The number of carbonyl (C=O) groups excluding carboxylic acids is 1. The molecule has 28 heteroatoms. The fraction of sp³-hybridized carbons (Fsp3) is 0. The second-order valence-corrected chi connectivity index (χ2v) is 21.6. The Labute approximate surface area is 494 Å². The summed E-state index contributed by atoms with van der Waals surface area (Å²) in [7, 11) is -10.9. The Hall–Kier alpha value is -9.68. The van der Waals surface area contributed by atoms with Crippen LogP contribution in [0.25, 0.3) is 65.4 Å². The summed E-state index contributed by atoms with van der Waals surface area (Å²) in [6.07, 6.45) is 10.8. The quantitative estimate of drug-likeness (QED) is 0.168. The maximum Gasteiger partial charge on any atom is 2.00 e. The molecule has 24 nitrogen and oxygen atoms in total. The third-order valence-electron chi connectivity index (χ3n) is 11.9. The molecule has 3 aliphatic rings. The standard InChI is InChI=1S/3C12H8N2.3C7H5NO3S.Fe.6H2O/c3*1-3-9-5-6-10-4-2-8-14-12(10)11(9)13-7-1;3*9-7-5-3-1-2-4-6(5)12(10,11)8-7;;;;;;;/h3*1-8H;3*1-4H,(H,8,9);;6*1H2/q;;;;;;+2;;;;;;/p-2. The van der Waals surface area contributed by atoms with E-state index in [1.807, 2.05) is 41.1 Å². The van der Waals surface area contributed by atoms with Gasteiger partial charge in [0.05, 0.1) is 48.5 Å². The van der Waals surface area contributed by atoms with Crippen LogP contribution in [-0.4, -0.2) is 106 Å². The summed E-state index contributed by atoms with van der Waals surface area (Å²) < 4.78 is 74.5. The van der Waals surface area contributed by atoms with Gasteiger partial charge in [0.1, 0.15) is 4.90 Å². The Balaban J connectivity index is 0.000000263. The number of rotatable bonds is 0. The molecule has 0 spiro atoms. The number of aromatic nitrogens is 6. The number of pyridine rings is 6. The van der Waals surface area contributed by atoms with Crippen molar-refractivity contribution in [3.63, 3.8) is 0 Å². The SMILES string of the molecule is O.O.O.O.O.O.O=C1NS(=O)(=O)c2ccccc21.O=S1(=O)N=C([O-])c2ccccc21.O=S1(=O)N=C([O-])c2ccccc21.[Fe+2].c1cnc2c(c1)ccc1cccnc12.c1cnc2c(c1)ccc1cccnc12.c1cnc2c(c1)ccc1cccnc12. The molecule has 0 aliphatic carbocycles. The van der Waals surface area contributed by atoms with Gasteiger partial charge in [0.2, 0.25) is 0 Å². The Bertz CT molecular complexity index is 4240. The third kappa shape index (κ3) is 14.9. The van der Waals surface area contributed by atoms with Gasteiger partial charge >= 0.3 is 17.1 Å². The Morgan fingerprint density at radius 1 is 0.306 bits per heavy atom. The molecule has 0 saturated heterocycles. The van der Waals surface area contributed by atoms with Crippen LogP contribution in [-0.2, 0) is 47.1 Å². The van der Waals surface area contributed by atoms with Gasteiger partial charge in [0, 0.05) is 92.4 Å². The average molecular weight is 1250 g/mol. The van der Waals surface area contributed by atoms with E-state index >= 15 is 0 Å². The number of hydrogen-bond acceptors (Lipinski definition) is 15. The van der Waals surface area contributed by atoms with E-state index in [-0.39, 0.29) is 81.3 Å². The van der Waals surface area contributed by atoms with Crippen LogP contribution in [0.4, 0.5) is 0 Å². The van der Waals surface area contributed by atoms with E-state index in [1.54, 1.807) is 73.6 Å². The van der Waals surface area contributed by atoms with Gasteiger partial charge in [-0.2, -0.15) is 25.6 Å². The predicted octanol–water partition coefficient (Wildman–Crippen LogP) is 2.51. The number of amides is 1. The van der Waals surface area contributed by atoms with Crippen molar-refractivity contribution in [3.05, 3.63) is 236 Å². The topological polar surface area (TPSA) is 469 Å². The van der Waals surface area contributed by atoms with Crippen LogP contribution in [0, 0.1) is 0 Å². The van der Waals surface area contributed by atoms with Crippen molar-refractivity contribution in [2.24, 2.45) is 8.80 Å². The van der Waals surface area contributed by atoms with Crippen molar-refractivity contribution in [1.29, 1.82) is 0 Å². The molecule has 6 aromatic heterocycles. The zero-order chi connectivity index (χ0) is 54.4. The Morgan fingerprint density at radius 3 is 0.788 bits per heavy atom. The van der Waals surface area contributed by atoms with E-state index in [9.17, 15) is 40.3 Å². The molecule has 9 heterocycles. The molecular weight excluding hydrogens is 1200 g/mol. The van der Waals surface area contributed by atoms with Crippen molar-refractivity contribution < 1.29 is 90.2 Å². The second kappa shape index (κ2) is 29.5. The summed E-state index contributed by atoms with van der Waals surface area (Å²) in [5.41, 5.74) is 6.41. The zero-order valence-electron chi connectivity index (χ0n) is 43.6. The molecule has 0 bridgehead atoms. The summed E-state index contributed by atoms with van der Waals surface area (Å²) in [5.74, 6) is -1.90. The van der Waals surface area contributed by atoms with Crippen molar-refractivity contribution in [2.75, 3.05) is 0 Å². The first-order valence-corrected chi connectivity index (χ1v) is 27.7. The number of sulfonamides is 3. The van der Waals surface area contributed by atoms with Gasteiger partial charge in [0.15, 0.2) is 0 Å². The summed E-state index contributed by atoms with van der Waals surface area (Å²) in [4.78, 5) is 37.2. The van der Waals surface area contributed by atoms with Crippen molar-refractivity contribution >= 4 is 113 Å². The molecule has 0 unspecified atom stereocenters. The average Bonchev–Trinajstić information content (AvgIpc) is 4.16. The van der Waals surface area contributed by atoms with Crippen LogP contribution >= 0.6 is 0 Å². The van der Waals surface area contributed by atoms with E-state index < -0.39 is 47.8 Å². The molecule has 438 valence electrons. The first-order chi connectivity index (χ1) is 37.7. The van der Waals surface area contributed by atoms with Crippen molar-refractivity contribution in [1.82, 2.24) is 34.6 Å². The molecule has 1 amide bonds.